The molecule has 0 bridgehead atoms. The summed E-state index contributed by atoms with van der Waals surface area (Å²) in [5, 5.41) is 0. The molecule has 2 rings (SSSR count). The maximum atomic E-state index is 11.4. The minimum absolute atomic E-state index is 0.195. The van der Waals surface area contributed by atoms with Crippen LogP contribution in [0.25, 0.3) is 0 Å². The lowest BCUT2D eigenvalue weighted by Gasteiger charge is -2.29. The van der Waals surface area contributed by atoms with Crippen molar-refractivity contribution in [2.45, 2.75) is 40.5 Å². The van der Waals surface area contributed by atoms with Crippen molar-refractivity contribution in [2.75, 3.05) is 0 Å². The molecule has 0 aliphatic heterocycles. The Kier molecular flexibility index (Phi) is 4.68. The summed E-state index contributed by atoms with van der Waals surface area (Å²) in [7, 11) is 0. The number of allylic oxidation sites excluding steroid dienone is 2. The molecule has 1 aliphatic rings. The van der Waals surface area contributed by atoms with Crippen LogP contribution in [0.5, 0.6) is 0 Å². The fourth-order valence-electron chi connectivity index (χ4n) is 2.10. The average Bonchev–Trinajstić information content (AvgIpc) is 2.28. The quantitative estimate of drug-likeness (QED) is 0.645. The molecule has 0 N–H and O–H groups in total. The molecule has 92 valence electrons. The molecule has 0 fully saturated rings. The summed E-state index contributed by atoms with van der Waals surface area (Å²) in [4.78, 5) is 11.4. The van der Waals surface area contributed by atoms with E-state index in [9.17, 15) is 4.79 Å². The van der Waals surface area contributed by atoms with E-state index in [0.717, 1.165) is 18.4 Å². The molecule has 0 amide bonds. The van der Waals surface area contributed by atoms with Gasteiger partial charge < -0.3 is 0 Å². The van der Waals surface area contributed by atoms with Crippen LogP contribution >= 0.6 is 0 Å². The lowest BCUT2D eigenvalue weighted by molar-refractivity contribution is -0.118. The molecule has 1 aromatic rings. The van der Waals surface area contributed by atoms with Gasteiger partial charge in [0.1, 0.15) is 0 Å². The van der Waals surface area contributed by atoms with E-state index in [1.165, 1.54) is 5.57 Å². The molecule has 1 aliphatic carbocycles. The smallest absolute Gasteiger partial charge is 0.159 e. The number of rotatable bonds is 0. The first-order valence-corrected chi connectivity index (χ1v) is 6.12. The second kappa shape index (κ2) is 5.81. The van der Waals surface area contributed by atoms with E-state index in [-0.39, 0.29) is 5.41 Å². The van der Waals surface area contributed by atoms with Gasteiger partial charge in [-0.3, -0.25) is 4.79 Å². The predicted octanol–water partition coefficient (Wildman–Crippen LogP) is 4.40. The maximum absolute atomic E-state index is 11.4. The van der Waals surface area contributed by atoms with Gasteiger partial charge in [-0.25, -0.2) is 0 Å². The van der Waals surface area contributed by atoms with Gasteiger partial charge in [-0.1, -0.05) is 55.8 Å². The zero-order chi connectivity index (χ0) is 12.9. The number of carbonyl (C=O) groups is 1. The van der Waals surface area contributed by atoms with Crippen LogP contribution in [0.1, 0.15) is 40.5 Å². The Bertz CT molecular complexity index is 372. The average molecular weight is 230 g/mol. The van der Waals surface area contributed by atoms with E-state index in [0.29, 0.717) is 5.78 Å². The molecular weight excluding hydrogens is 208 g/mol. The Balaban J connectivity index is 0.000000202. The Hall–Kier alpha value is -1.37. The van der Waals surface area contributed by atoms with Gasteiger partial charge in [-0.2, -0.15) is 0 Å². The Morgan fingerprint density at radius 3 is 1.65 bits per heavy atom. The summed E-state index contributed by atoms with van der Waals surface area (Å²) < 4.78 is 0. The predicted molar refractivity (Wildman–Crippen MR) is 72.8 cm³/mol. The highest BCUT2D eigenvalue weighted by Gasteiger charge is 2.28. The van der Waals surface area contributed by atoms with Gasteiger partial charge in [0.2, 0.25) is 0 Å². The van der Waals surface area contributed by atoms with Crippen LogP contribution in [0.2, 0.25) is 0 Å². The molecule has 17 heavy (non-hydrogen) atoms. The van der Waals surface area contributed by atoms with Crippen LogP contribution in [-0.4, -0.2) is 5.78 Å². The van der Waals surface area contributed by atoms with E-state index in [4.69, 9.17) is 0 Å². The summed E-state index contributed by atoms with van der Waals surface area (Å²) in [6.07, 6.45) is 1.79. The zero-order valence-corrected chi connectivity index (χ0v) is 11.3. The van der Waals surface area contributed by atoms with Gasteiger partial charge >= 0.3 is 0 Å². The third kappa shape index (κ3) is 4.56. The van der Waals surface area contributed by atoms with Crippen molar-refractivity contribution in [3.05, 3.63) is 47.5 Å². The van der Waals surface area contributed by atoms with Crippen molar-refractivity contribution >= 4 is 5.78 Å². The second-order valence-corrected chi connectivity index (χ2v) is 5.50. The number of Topliss-reactive ketones (excluding diaryl/α,β-unsaturated/α-hetero) is 1. The number of carbonyl (C=O) groups excluding carboxylic acids is 1. The van der Waals surface area contributed by atoms with Crippen LogP contribution in [-0.2, 0) is 4.79 Å². The minimum atomic E-state index is 0.195. The summed E-state index contributed by atoms with van der Waals surface area (Å²) >= 11 is 0. The van der Waals surface area contributed by atoms with E-state index in [1.807, 2.05) is 43.3 Å². The third-order valence-corrected chi connectivity index (χ3v) is 3.11. The van der Waals surface area contributed by atoms with Crippen molar-refractivity contribution in [1.29, 1.82) is 0 Å². The SMILES string of the molecule is CC1=C(C)C(=O)CC(C)(C)C1.c1ccccc1. The number of hydrogen-bond acceptors (Lipinski definition) is 1. The zero-order valence-electron chi connectivity index (χ0n) is 11.3. The largest absolute Gasteiger partial charge is 0.295 e. The molecule has 0 heterocycles. The van der Waals surface area contributed by atoms with Crippen LogP contribution in [0, 0.1) is 5.41 Å². The van der Waals surface area contributed by atoms with Gasteiger partial charge in [0.05, 0.1) is 0 Å². The van der Waals surface area contributed by atoms with Crippen molar-refractivity contribution in [2.24, 2.45) is 5.41 Å². The van der Waals surface area contributed by atoms with Crippen molar-refractivity contribution in [1.82, 2.24) is 0 Å². The Morgan fingerprint density at radius 2 is 1.29 bits per heavy atom. The molecular formula is C16H22O. The summed E-state index contributed by atoms with van der Waals surface area (Å²) in [5.41, 5.74) is 2.45. The topological polar surface area (TPSA) is 17.1 Å². The third-order valence-electron chi connectivity index (χ3n) is 3.11. The van der Waals surface area contributed by atoms with E-state index in [2.05, 4.69) is 20.8 Å². The molecule has 1 heteroatoms. The van der Waals surface area contributed by atoms with Crippen molar-refractivity contribution < 1.29 is 4.79 Å². The normalized spacial score (nSPS) is 18.5. The van der Waals surface area contributed by atoms with Gasteiger partial charge in [-0.15, -0.1) is 0 Å². The molecule has 0 saturated carbocycles. The Morgan fingerprint density at radius 1 is 0.882 bits per heavy atom. The van der Waals surface area contributed by atoms with Gasteiger partial charge in [0.15, 0.2) is 5.78 Å². The number of benzene rings is 1. The Labute approximate surface area is 105 Å². The fraction of sp³-hybridized carbons (Fsp3) is 0.438. The fourth-order valence-corrected chi connectivity index (χ4v) is 2.10. The van der Waals surface area contributed by atoms with E-state index in [1.54, 1.807) is 0 Å². The molecule has 0 unspecified atom stereocenters. The first-order chi connectivity index (χ1) is 7.92. The van der Waals surface area contributed by atoms with Crippen molar-refractivity contribution in [3.63, 3.8) is 0 Å². The van der Waals surface area contributed by atoms with Gasteiger partial charge in [0, 0.05) is 6.42 Å². The first kappa shape index (κ1) is 13.7. The monoisotopic (exact) mass is 230 g/mol. The maximum Gasteiger partial charge on any atom is 0.159 e. The first-order valence-electron chi connectivity index (χ1n) is 6.12. The van der Waals surface area contributed by atoms with Gasteiger partial charge in [-0.05, 0) is 31.3 Å². The van der Waals surface area contributed by atoms with Crippen LogP contribution in [0.3, 0.4) is 0 Å². The minimum Gasteiger partial charge on any atom is -0.295 e. The molecule has 0 atom stereocenters. The number of ketones is 1. The summed E-state index contributed by atoms with van der Waals surface area (Å²) in [5.74, 6) is 0.332. The van der Waals surface area contributed by atoms with E-state index >= 15 is 0 Å². The lowest BCUT2D eigenvalue weighted by Crippen LogP contribution is -2.23. The lowest BCUT2D eigenvalue weighted by atomic mass is 9.74. The molecule has 0 aromatic heterocycles. The van der Waals surface area contributed by atoms with Crippen LogP contribution < -0.4 is 0 Å². The molecule has 1 aromatic carbocycles. The van der Waals surface area contributed by atoms with Gasteiger partial charge in [0.25, 0.3) is 0 Å². The van der Waals surface area contributed by atoms with Crippen LogP contribution in [0.4, 0.5) is 0 Å². The van der Waals surface area contributed by atoms with Crippen LogP contribution in [0.15, 0.2) is 47.5 Å². The van der Waals surface area contributed by atoms with Crippen molar-refractivity contribution in [3.8, 4) is 0 Å². The second-order valence-electron chi connectivity index (χ2n) is 5.50. The highest BCUT2D eigenvalue weighted by atomic mass is 16.1. The molecule has 0 saturated heterocycles. The summed E-state index contributed by atoms with van der Waals surface area (Å²) in [6, 6.07) is 12.0. The summed E-state index contributed by atoms with van der Waals surface area (Å²) in [6.45, 7) is 8.31. The standard InChI is InChI=1S/C10H16O.C6H6/c1-7-5-10(3,4)6-9(11)8(7)2;1-2-4-6-5-3-1/h5-6H2,1-4H3;1-6H. The molecule has 0 spiro atoms. The molecule has 0 radical (unpaired) electrons. The van der Waals surface area contributed by atoms with E-state index < -0.39 is 0 Å². The highest BCUT2D eigenvalue weighted by molar-refractivity contribution is 5.96. The molecule has 1 nitrogen and oxygen atoms in total. The number of hydrogen-bond donors (Lipinski definition) is 0. The highest BCUT2D eigenvalue weighted by Crippen LogP contribution is 2.36.